The average Bonchev–Trinajstić information content (AvgIpc) is 3.33. The lowest BCUT2D eigenvalue weighted by Crippen LogP contribution is -2.52. The first-order chi connectivity index (χ1) is 20.8. The number of rotatable bonds is 5. The number of benzene rings is 2. The Kier molecular flexibility index (Phi) is 6.85. The van der Waals surface area contributed by atoms with Crippen molar-refractivity contribution in [3.8, 4) is 5.69 Å². The molecule has 5 heterocycles. The van der Waals surface area contributed by atoms with Crippen molar-refractivity contribution < 1.29 is 14.4 Å². The van der Waals surface area contributed by atoms with E-state index in [4.69, 9.17) is 0 Å². The summed E-state index contributed by atoms with van der Waals surface area (Å²) in [4.78, 5) is 63.1. The number of likely N-dealkylation sites (tertiary alicyclic amines) is 1. The Labute approximate surface area is 248 Å². The molecule has 0 spiro atoms. The minimum Gasteiger partial charge on any atom is -0.322 e. The van der Waals surface area contributed by atoms with Crippen LogP contribution in [0.1, 0.15) is 64.3 Å². The number of imide groups is 1. The van der Waals surface area contributed by atoms with Gasteiger partial charge in [-0.2, -0.15) is 0 Å². The van der Waals surface area contributed by atoms with Gasteiger partial charge in [0.25, 0.3) is 11.5 Å². The van der Waals surface area contributed by atoms with Crippen LogP contribution in [0.15, 0.2) is 65.8 Å². The smallest absolute Gasteiger partial charge is 0.265 e. The van der Waals surface area contributed by atoms with Crippen molar-refractivity contribution in [1.82, 2.24) is 29.7 Å². The molecule has 7 rings (SSSR count). The van der Waals surface area contributed by atoms with Crippen LogP contribution in [0.25, 0.3) is 16.6 Å². The van der Waals surface area contributed by atoms with Crippen LogP contribution in [-0.2, 0) is 22.7 Å². The topological polar surface area (TPSA) is 117 Å². The zero-order valence-corrected chi connectivity index (χ0v) is 24.0. The quantitative estimate of drug-likeness (QED) is 0.363. The molecule has 3 aliphatic rings. The number of pyridine rings is 1. The summed E-state index contributed by atoms with van der Waals surface area (Å²) < 4.78 is 1.54. The molecule has 2 fully saturated rings. The van der Waals surface area contributed by atoms with Gasteiger partial charge in [0.2, 0.25) is 11.8 Å². The van der Waals surface area contributed by atoms with Gasteiger partial charge in [0.1, 0.15) is 12.4 Å². The number of nitrogens with zero attached hydrogens (tertiary/aromatic N) is 5. The van der Waals surface area contributed by atoms with Gasteiger partial charge in [-0.3, -0.25) is 38.9 Å². The second kappa shape index (κ2) is 10.9. The predicted molar refractivity (Wildman–Crippen MR) is 160 cm³/mol. The molecule has 2 saturated heterocycles. The van der Waals surface area contributed by atoms with Gasteiger partial charge in [0, 0.05) is 30.8 Å². The first kappa shape index (κ1) is 27.2. The third-order valence-corrected chi connectivity index (χ3v) is 9.01. The van der Waals surface area contributed by atoms with Crippen molar-refractivity contribution in [2.75, 3.05) is 13.1 Å². The summed E-state index contributed by atoms with van der Waals surface area (Å²) in [7, 11) is 0. The van der Waals surface area contributed by atoms with Crippen molar-refractivity contribution in [1.29, 1.82) is 0 Å². The Morgan fingerprint density at radius 1 is 0.930 bits per heavy atom. The van der Waals surface area contributed by atoms with E-state index in [1.54, 1.807) is 17.4 Å². The number of hydrogen-bond acceptors (Lipinski definition) is 7. The molecule has 1 atom stereocenters. The Bertz CT molecular complexity index is 1820. The molecule has 2 aromatic heterocycles. The summed E-state index contributed by atoms with van der Waals surface area (Å²) >= 11 is 0. The number of aryl methyl sites for hydroxylation is 1. The molecule has 3 aliphatic heterocycles. The highest BCUT2D eigenvalue weighted by Crippen LogP contribution is 2.34. The second-order valence-electron chi connectivity index (χ2n) is 11.8. The molecule has 3 amide bonds. The zero-order chi connectivity index (χ0) is 29.7. The number of amides is 3. The van der Waals surface area contributed by atoms with Crippen molar-refractivity contribution in [3.63, 3.8) is 0 Å². The first-order valence-corrected chi connectivity index (χ1v) is 14.8. The number of piperidine rings is 2. The van der Waals surface area contributed by atoms with Crippen LogP contribution in [0, 0.1) is 6.92 Å². The maximum absolute atomic E-state index is 13.3. The molecule has 0 bridgehead atoms. The van der Waals surface area contributed by atoms with Crippen LogP contribution in [0.4, 0.5) is 0 Å². The zero-order valence-electron chi connectivity index (χ0n) is 24.0. The highest BCUT2D eigenvalue weighted by molar-refractivity contribution is 6.05. The Hall–Kier alpha value is -4.70. The standard InChI is InChI=1S/C33H32N6O4/c1-20-2-5-25(16-34-20)39-19-35-28-7-3-21(14-27(28)33(39)43)17-37-12-10-22(11-13-37)23-4-6-26-24(15-23)18-38(32(26)42)29-8-9-30(40)36-31(29)41/h2-7,14-16,19,22,29H,8-13,17-18H2,1H3,(H,36,40,41). The number of hydrogen-bond donors (Lipinski definition) is 1. The molecule has 0 radical (unpaired) electrons. The summed E-state index contributed by atoms with van der Waals surface area (Å²) in [5, 5.41) is 2.95. The molecule has 10 nitrogen and oxygen atoms in total. The van der Waals surface area contributed by atoms with E-state index in [0.717, 1.165) is 49.3 Å². The number of carbonyl (C=O) groups is 3. The van der Waals surface area contributed by atoms with E-state index < -0.39 is 6.04 Å². The molecular formula is C33H32N6O4. The lowest BCUT2D eigenvalue weighted by Gasteiger charge is -2.32. The summed E-state index contributed by atoms with van der Waals surface area (Å²) in [6, 6.07) is 15.2. The second-order valence-corrected chi connectivity index (χ2v) is 11.8. The van der Waals surface area contributed by atoms with E-state index >= 15 is 0 Å². The number of fused-ring (bicyclic) bond motifs is 2. The summed E-state index contributed by atoms with van der Waals surface area (Å²) in [6.45, 7) is 4.91. The van der Waals surface area contributed by atoms with Crippen molar-refractivity contribution >= 4 is 28.6 Å². The molecular weight excluding hydrogens is 544 g/mol. The lowest BCUT2D eigenvalue weighted by molar-refractivity contribution is -0.136. The lowest BCUT2D eigenvalue weighted by atomic mass is 9.87. The van der Waals surface area contributed by atoms with Gasteiger partial charge in [-0.1, -0.05) is 18.2 Å². The average molecular weight is 577 g/mol. The third-order valence-electron chi connectivity index (χ3n) is 9.01. The fourth-order valence-electron chi connectivity index (χ4n) is 6.58. The first-order valence-electron chi connectivity index (χ1n) is 14.8. The Morgan fingerprint density at radius 2 is 1.77 bits per heavy atom. The van der Waals surface area contributed by atoms with Crippen LogP contribution in [0.3, 0.4) is 0 Å². The van der Waals surface area contributed by atoms with Crippen LogP contribution in [0.2, 0.25) is 0 Å². The van der Waals surface area contributed by atoms with E-state index in [1.807, 2.05) is 43.3 Å². The van der Waals surface area contributed by atoms with E-state index in [9.17, 15) is 19.2 Å². The minimum atomic E-state index is -0.599. The largest absolute Gasteiger partial charge is 0.322 e. The van der Waals surface area contributed by atoms with E-state index in [0.29, 0.717) is 41.0 Å². The van der Waals surface area contributed by atoms with Gasteiger partial charge in [0.15, 0.2) is 0 Å². The van der Waals surface area contributed by atoms with Crippen molar-refractivity contribution in [3.05, 3.63) is 99.4 Å². The van der Waals surface area contributed by atoms with Crippen molar-refractivity contribution in [2.45, 2.75) is 57.7 Å². The van der Waals surface area contributed by atoms with Crippen LogP contribution >= 0.6 is 0 Å². The fourth-order valence-corrected chi connectivity index (χ4v) is 6.58. The molecule has 43 heavy (non-hydrogen) atoms. The van der Waals surface area contributed by atoms with E-state index in [-0.39, 0.29) is 29.7 Å². The molecule has 1 unspecified atom stereocenters. The Balaban J connectivity index is 1.01. The van der Waals surface area contributed by atoms with Crippen LogP contribution < -0.4 is 10.9 Å². The molecule has 0 saturated carbocycles. The maximum atomic E-state index is 13.3. The number of aromatic nitrogens is 3. The van der Waals surface area contributed by atoms with Gasteiger partial charge in [0.05, 0.1) is 22.8 Å². The number of carbonyl (C=O) groups excluding carboxylic acids is 3. The van der Waals surface area contributed by atoms with Gasteiger partial charge < -0.3 is 4.90 Å². The molecule has 1 N–H and O–H groups in total. The monoisotopic (exact) mass is 576 g/mol. The predicted octanol–water partition coefficient (Wildman–Crippen LogP) is 3.23. The van der Waals surface area contributed by atoms with E-state index in [2.05, 4.69) is 32.3 Å². The third kappa shape index (κ3) is 5.12. The van der Waals surface area contributed by atoms with Gasteiger partial charge in [-0.15, -0.1) is 0 Å². The Morgan fingerprint density at radius 3 is 2.53 bits per heavy atom. The van der Waals surface area contributed by atoms with Gasteiger partial charge in [-0.05, 0) is 92.2 Å². The van der Waals surface area contributed by atoms with E-state index in [1.165, 1.54) is 10.1 Å². The minimum absolute atomic E-state index is 0.109. The highest BCUT2D eigenvalue weighted by atomic mass is 16.2. The van der Waals surface area contributed by atoms with Crippen LogP contribution in [-0.4, -0.2) is 61.2 Å². The molecule has 4 aromatic rings. The van der Waals surface area contributed by atoms with Gasteiger partial charge in [-0.25, -0.2) is 4.98 Å². The summed E-state index contributed by atoms with van der Waals surface area (Å²) in [5.74, 6) is -0.422. The molecule has 10 heteroatoms. The van der Waals surface area contributed by atoms with Crippen molar-refractivity contribution in [2.24, 2.45) is 0 Å². The van der Waals surface area contributed by atoms with Crippen LogP contribution in [0.5, 0.6) is 0 Å². The fraction of sp³-hybridized carbons (Fsp3) is 0.333. The molecule has 218 valence electrons. The summed E-state index contributed by atoms with van der Waals surface area (Å²) in [6.07, 6.45) is 5.84. The highest BCUT2D eigenvalue weighted by Gasteiger charge is 2.39. The number of nitrogens with one attached hydrogen (secondary N) is 1. The SMILES string of the molecule is Cc1ccc(-n2cnc3ccc(CN4CCC(c5ccc6c(c5)CN(C5CCC(=O)NC5=O)C6=O)CC4)cc3c2=O)cn1. The summed E-state index contributed by atoms with van der Waals surface area (Å²) in [5.41, 5.74) is 6.04. The van der Waals surface area contributed by atoms with Gasteiger partial charge >= 0.3 is 0 Å². The molecule has 2 aromatic carbocycles. The molecule has 0 aliphatic carbocycles. The normalized spacial score (nSPS) is 19.6. The maximum Gasteiger partial charge on any atom is 0.265 e.